The number of ether oxygens (including phenoxy) is 1. The number of phosphoric acid groups is 3. The van der Waals surface area contributed by atoms with Crippen LogP contribution >= 0.6 is 23.5 Å². The van der Waals surface area contributed by atoms with Crippen molar-refractivity contribution in [3.8, 4) is 28.7 Å². The van der Waals surface area contributed by atoms with Crippen LogP contribution in [0.15, 0.2) is 60.8 Å². The number of aromatic hydroxyl groups is 1. The van der Waals surface area contributed by atoms with Gasteiger partial charge in [-0.2, -0.15) is 8.62 Å². The summed E-state index contributed by atoms with van der Waals surface area (Å²) in [7, 11) is -16.9. The number of aliphatic hydroxyl groups is 1. The third-order valence-electron chi connectivity index (χ3n) is 7.67. The molecule has 24 heteroatoms. The highest BCUT2D eigenvalue weighted by Crippen LogP contribution is 2.66. The van der Waals surface area contributed by atoms with E-state index in [1.165, 1.54) is 6.20 Å². The molecule has 0 bridgehead atoms. The fourth-order valence-corrected chi connectivity index (χ4v) is 8.19. The van der Waals surface area contributed by atoms with E-state index in [-0.39, 0.29) is 42.5 Å². The average molecular weight is 831 g/mol. The second-order valence-corrected chi connectivity index (χ2v) is 16.3. The van der Waals surface area contributed by atoms with Gasteiger partial charge in [0.2, 0.25) is 12.1 Å². The number of hydrogen-bond donors (Lipinski definition) is 8. The van der Waals surface area contributed by atoms with Crippen molar-refractivity contribution in [1.29, 1.82) is 0 Å². The zero-order chi connectivity index (χ0) is 40.4. The molecule has 4 rings (SSSR count). The first kappa shape index (κ1) is 43.5. The van der Waals surface area contributed by atoms with E-state index >= 15 is 0 Å². The van der Waals surface area contributed by atoms with Gasteiger partial charge >= 0.3 is 29.3 Å². The lowest BCUT2D eigenvalue weighted by Gasteiger charge is -2.18. The molecule has 2 amide bonds. The van der Waals surface area contributed by atoms with Crippen molar-refractivity contribution >= 4 is 41.1 Å². The number of aliphatic hydroxyl groups excluding tert-OH is 1. The molecule has 0 aliphatic carbocycles. The molecule has 1 aromatic heterocycles. The standard InChI is InChI=1S/C31H37N4O17P3/c36-25-13-11-23(12-14-25)22-7-9-24(10-8-22)31(39)33-15-3-1-2-6-28(38)32-16-4-5-21-17-29(35(40)41)34(19-21)30-18-26(37)27(50-30)20-49-54(45,46)52-55(47,48)51-53(42,43)44/h7-14,17,19,26-27,30,36-37H,1-3,6,15-16,18,20H2,(H,32,38)(H,33,39)(H,45,46)(H,47,48)(H2,42,43,44)/t26?,27-,30-/m1/s1. The number of carbonyl (C=O) groups is 2. The van der Waals surface area contributed by atoms with Gasteiger partial charge in [-0.05, 0) is 53.2 Å². The quantitative estimate of drug-likeness (QED) is 0.0300. The maximum atomic E-state index is 12.5. The molecule has 55 heavy (non-hydrogen) atoms. The topological polar surface area (TPSA) is 316 Å². The Bertz CT molecular complexity index is 2040. The summed E-state index contributed by atoms with van der Waals surface area (Å²) in [6, 6.07) is 14.9. The summed E-state index contributed by atoms with van der Waals surface area (Å²) in [6.07, 6.45) is -0.969. The Balaban J connectivity index is 1.16. The van der Waals surface area contributed by atoms with E-state index in [0.717, 1.165) is 21.8 Å². The van der Waals surface area contributed by atoms with E-state index in [0.29, 0.717) is 31.4 Å². The zero-order valence-electron chi connectivity index (χ0n) is 28.6. The van der Waals surface area contributed by atoms with Crippen LogP contribution in [-0.2, 0) is 36.4 Å². The third kappa shape index (κ3) is 14.1. The predicted molar refractivity (Wildman–Crippen MR) is 190 cm³/mol. The first-order chi connectivity index (χ1) is 25.8. The SMILES string of the molecule is O=C(CCCCCNC(=O)c1ccc(-c2ccc(O)cc2)cc1)NCC#Cc1cc([N+](=O)[O-])n([C@H]2CC(O)[C@@H](COP(=O)(O)OP(=O)(O)OP(=O)(O)O)O2)c1. The van der Waals surface area contributed by atoms with Crippen molar-refractivity contribution in [2.75, 3.05) is 19.7 Å². The molecule has 2 heterocycles. The molecule has 21 nitrogen and oxygen atoms in total. The van der Waals surface area contributed by atoms with Crippen molar-refractivity contribution in [1.82, 2.24) is 15.2 Å². The minimum absolute atomic E-state index is 0.0687. The number of nitrogens with zero attached hydrogens (tertiary/aromatic N) is 2. The van der Waals surface area contributed by atoms with E-state index in [1.807, 2.05) is 12.1 Å². The number of nitrogens with one attached hydrogen (secondary N) is 2. The zero-order valence-corrected chi connectivity index (χ0v) is 31.3. The van der Waals surface area contributed by atoms with E-state index in [4.69, 9.17) is 14.5 Å². The van der Waals surface area contributed by atoms with Gasteiger partial charge in [0.15, 0.2) is 0 Å². The van der Waals surface area contributed by atoms with Crippen LogP contribution in [0.1, 0.15) is 54.3 Å². The minimum atomic E-state index is -5.77. The van der Waals surface area contributed by atoms with Crippen molar-refractivity contribution < 1.29 is 75.9 Å². The summed E-state index contributed by atoms with van der Waals surface area (Å²) in [5.41, 5.74) is 2.47. The van der Waals surface area contributed by atoms with Crippen LogP contribution in [0.25, 0.3) is 11.1 Å². The van der Waals surface area contributed by atoms with Gasteiger partial charge in [-0.1, -0.05) is 42.5 Å². The Labute approximate surface area is 312 Å². The van der Waals surface area contributed by atoms with Gasteiger partial charge in [-0.3, -0.25) is 14.1 Å². The van der Waals surface area contributed by atoms with Crippen molar-refractivity contribution in [2.45, 2.75) is 50.5 Å². The van der Waals surface area contributed by atoms with Gasteiger partial charge in [-0.25, -0.2) is 18.3 Å². The molecule has 298 valence electrons. The van der Waals surface area contributed by atoms with Gasteiger partial charge in [0.1, 0.15) is 18.1 Å². The molecule has 2 aromatic carbocycles. The Kier molecular flexibility index (Phi) is 15.1. The number of phenols is 1. The van der Waals surface area contributed by atoms with Crippen LogP contribution in [-0.4, -0.2) is 83.0 Å². The highest BCUT2D eigenvalue weighted by atomic mass is 31.3. The van der Waals surface area contributed by atoms with Crippen molar-refractivity contribution in [3.63, 3.8) is 0 Å². The van der Waals surface area contributed by atoms with Gasteiger partial charge in [0.05, 0.1) is 30.9 Å². The Morgan fingerprint density at radius 2 is 1.60 bits per heavy atom. The Hall–Kier alpha value is -4.25. The number of amides is 2. The van der Waals surface area contributed by atoms with Crippen LogP contribution in [0.3, 0.4) is 0 Å². The number of aromatic nitrogens is 1. The van der Waals surface area contributed by atoms with Gasteiger partial charge < -0.3 is 55.3 Å². The molecule has 1 aliphatic heterocycles. The van der Waals surface area contributed by atoms with Crippen LogP contribution in [0.4, 0.5) is 5.82 Å². The lowest BCUT2D eigenvalue weighted by atomic mass is 10.0. The summed E-state index contributed by atoms with van der Waals surface area (Å²) >= 11 is 0. The molecule has 5 atom stereocenters. The van der Waals surface area contributed by atoms with Crippen LogP contribution < -0.4 is 10.6 Å². The summed E-state index contributed by atoms with van der Waals surface area (Å²) in [6.45, 7) is -0.607. The Morgan fingerprint density at radius 1 is 0.945 bits per heavy atom. The fourth-order valence-electron chi connectivity index (χ4n) is 5.16. The number of phenolic OH excluding ortho intramolecular Hbond substituents is 1. The molecule has 0 saturated carbocycles. The molecule has 0 radical (unpaired) electrons. The number of benzene rings is 2. The van der Waals surface area contributed by atoms with Crippen LogP contribution in [0.5, 0.6) is 5.75 Å². The number of nitro groups is 1. The Morgan fingerprint density at radius 3 is 2.24 bits per heavy atom. The maximum Gasteiger partial charge on any atom is 0.490 e. The highest BCUT2D eigenvalue weighted by molar-refractivity contribution is 7.66. The van der Waals surface area contributed by atoms with E-state index in [1.54, 1.807) is 36.4 Å². The number of hydrogen-bond acceptors (Lipinski definition) is 13. The van der Waals surface area contributed by atoms with Gasteiger partial charge in [-0.15, -0.1) is 0 Å². The molecule has 1 aliphatic rings. The van der Waals surface area contributed by atoms with E-state index in [9.17, 15) is 53.4 Å². The van der Waals surface area contributed by atoms with Crippen LogP contribution in [0, 0.1) is 22.0 Å². The number of phosphoric ester groups is 1. The second-order valence-electron chi connectivity index (χ2n) is 11.8. The normalized spacial score (nSPS) is 19.0. The van der Waals surface area contributed by atoms with Crippen molar-refractivity contribution in [2.24, 2.45) is 0 Å². The molecule has 3 unspecified atom stereocenters. The molecule has 3 aromatic rings. The predicted octanol–water partition coefficient (Wildman–Crippen LogP) is 3.22. The summed E-state index contributed by atoms with van der Waals surface area (Å²) < 4.78 is 52.5. The summed E-state index contributed by atoms with van der Waals surface area (Å²) in [5.74, 6) is 4.55. The second kappa shape index (κ2) is 19.1. The number of carbonyl (C=O) groups excluding carboxylic acids is 2. The molecular weight excluding hydrogens is 793 g/mol. The lowest BCUT2D eigenvalue weighted by molar-refractivity contribution is -0.393. The number of rotatable bonds is 18. The first-order valence-corrected chi connectivity index (χ1v) is 20.7. The molecule has 1 fully saturated rings. The molecule has 1 saturated heterocycles. The lowest BCUT2D eigenvalue weighted by Crippen LogP contribution is -2.26. The minimum Gasteiger partial charge on any atom is -0.508 e. The van der Waals surface area contributed by atoms with Gasteiger partial charge in [0, 0.05) is 24.9 Å². The molecular formula is C31H37N4O17P3. The summed E-state index contributed by atoms with van der Waals surface area (Å²) in [5, 5.41) is 37.0. The highest BCUT2D eigenvalue weighted by Gasteiger charge is 2.44. The van der Waals surface area contributed by atoms with E-state index < -0.39 is 59.3 Å². The smallest absolute Gasteiger partial charge is 0.490 e. The maximum absolute atomic E-state index is 12.5. The van der Waals surface area contributed by atoms with E-state index in [2.05, 4.69) is 35.6 Å². The largest absolute Gasteiger partial charge is 0.508 e. The van der Waals surface area contributed by atoms with Crippen molar-refractivity contribution in [3.05, 3.63) is 82.0 Å². The molecule has 0 spiro atoms. The monoisotopic (exact) mass is 830 g/mol. The van der Waals surface area contributed by atoms with Crippen LogP contribution in [0.2, 0.25) is 0 Å². The summed E-state index contributed by atoms with van der Waals surface area (Å²) in [4.78, 5) is 71.8. The third-order valence-corrected chi connectivity index (χ3v) is 11.5. The first-order valence-electron chi connectivity index (χ1n) is 16.2. The number of unbranched alkanes of at least 4 members (excludes halogenated alkanes) is 2. The molecule has 8 N–H and O–H groups in total. The fraction of sp³-hybridized carbons (Fsp3) is 0.355. The van der Waals surface area contributed by atoms with Gasteiger partial charge in [0.25, 0.3) is 5.91 Å². The average Bonchev–Trinajstić information content (AvgIpc) is 3.69.